The summed E-state index contributed by atoms with van der Waals surface area (Å²) in [5.74, 6) is 0.0536. The number of hydrogen-bond donors (Lipinski definition) is 2. The van der Waals surface area contributed by atoms with Crippen LogP contribution in [0.1, 0.15) is 24.5 Å². The molecule has 1 unspecified atom stereocenters. The van der Waals surface area contributed by atoms with Crippen LogP contribution >= 0.6 is 0 Å². The van der Waals surface area contributed by atoms with E-state index in [-0.39, 0.29) is 11.9 Å². The molecular formula is C18H18N2O. The quantitative estimate of drug-likeness (QED) is 0.815. The van der Waals surface area contributed by atoms with Gasteiger partial charge < -0.3 is 10.6 Å². The molecule has 1 heterocycles. The monoisotopic (exact) mass is 278 g/mol. The van der Waals surface area contributed by atoms with Crippen LogP contribution in [0.2, 0.25) is 0 Å². The molecular weight excluding hydrogens is 260 g/mol. The summed E-state index contributed by atoms with van der Waals surface area (Å²) in [5, 5.41) is 6.38. The van der Waals surface area contributed by atoms with Gasteiger partial charge in [-0.2, -0.15) is 0 Å². The van der Waals surface area contributed by atoms with E-state index in [0.29, 0.717) is 6.42 Å². The molecule has 21 heavy (non-hydrogen) atoms. The first-order valence-electron chi connectivity index (χ1n) is 7.15. The fourth-order valence-corrected chi connectivity index (χ4v) is 2.50. The maximum atomic E-state index is 11.8. The largest absolute Gasteiger partial charge is 0.380 e. The molecule has 2 aromatic rings. The van der Waals surface area contributed by atoms with Crippen LogP contribution in [0.3, 0.4) is 0 Å². The van der Waals surface area contributed by atoms with Crippen LogP contribution in [-0.2, 0) is 4.79 Å². The Kier molecular flexibility index (Phi) is 3.73. The Morgan fingerprint density at radius 3 is 2.67 bits per heavy atom. The molecule has 106 valence electrons. The van der Waals surface area contributed by atoms with Crippen molar-refractivity contribution in [1.29, 1.82) is 0 Å². The van der Waals surface area contributed by atoms with Crippen molar-refractivity contribution in [1.82, 2.24) is 0 Å². The predicted molar refractivity (Wildman–Crippen MR) is 88.1 cm³/mol. The Hall–Kier alpha value is -2.55. The topological polar surface area (TPSA) is 41.1 Å². The number of benzene rings is 2. The van der Waals surface area contributed by atoms with Crippen molar-refractivity contribution >= 4 is 29.4 Å². The Balaban J connectivity index is 1.95. The second-order valence-electron chi connectivity index (χ2n) is 5.31. The van der Waals surface area contributed by atoms with Crippen molar-refractivity contribution in [2.45, 2.75) is 19.4 Å². The van der Waals surface area contributed by atoms with Crippen LogP contribution in [-0.4, -0.2) is 11.9 Å². The zero-order chi connectivity index (χ0) is 14.7. The molecule has 0 aliphatic carbocycles. The molecule has 2 N–H and O–H groups in total. The van der Waals surface area contributed by atoms with Crippen LogP contribution in [0.4, 0.5) is 11.4 Å². The lowest BCUT2D eigenvalue weighted by Crippen LogP contribution is -2.19. The van der Waals surface area contributed by atoms with E-state index in [1.54, 1.807) is 0 Å². The highest BCUT2D eigenvalue weighted by Crippen LogP contribution is 2.31. The fraction of sp³-hybridized carbons (Fsp3) is 0.167. The standard InChI is InChI=1S/C18H18N2O/c1-13-12-17(21)20-16-9-5-8-15(18(16)19-13)11-10-14-6-3-2-4-7-14/h2-11,13,19H,12H2,1H3,(H,20,21). The molecule has 0 aromatic heterocycles. The predicted octanol–water partition coefficient (Wildman–Crippen LogP) is 4.00. The summed E-state index contributed by atoms with van der Waals surface area (Å²) in [7, 11) is 0. The van der Waals surface area contributed by atoms with Gasteiger partial charge in [0.15, 0.2) is 0 Å². The number of carbonyl (C=O) groups is 1. The number of carbonyl (C=O) groups excluding carboxylic acids is 1. The maximum Gasteiger partial charge on any atom is 0.226 e. The van der Waals surface area contributed by atoms with Gasteiger partial charge in [-0.05, 0) is 24.1 Å². The second kappa shape index (κ2) is 5.83. The Bertz CT molecular complexity index is 677. The van der Waals surface area contributed by atoms with Crippen LogP contribution in [0.15, 0.2) is 48.5 Å². The molecule has 1 aliphatic rings. The zero-order valence-corrected chi connectivity index (χ0v) is 12.0. The van der Waals surface area contributed by atoms with Crippen LogP contribution in [0, 0.1) is 0 Å². The van der Waals surface area contributed by atoms with Gasteiger partial charge in [-0.15, -0.1) is 0 Å². The summed E-state index contributed by atoms with van der Waals surface area (Å²) >= 11 is 0. The minimum absolute atomic E-state index is 0.0536. The Morgan fingerprint density at radius 1 is 1.05 bits per heavy atom. The molecule has 0 radical (unpaired) electrons. The summed E-state index contributed by atoms with van der Waals surface area (Å²) in [6.07, 6.45) is 4.64. The maximum absolute atomic E-state index is 11.8. The van der Waals surface area contributed by atoms with E-state index in [9.17, 15) is 4.79 Å². The number of fused-ring (bicyclic) bond motifs is 1. The van der Waals surface area contributed by atoms with E-state index in [1.807, 2.05) is 37.3 Å². The molecule has 0 bridgehead atoms. The zero-order valence-electron chi connectivity index (χ0n) is 12.0. The summed E-state index contributed by atoms with van der Waals surface area (Å²) in [6.45, 7) is 2.02. The molecule has 0 fully saturated rings. The van der Waals surface area contributed by atoms with Crippen molar-refractivity contribution in [3.8, 4) is 0 Å². The van der Waals surface area contributed by atoms with E-state index < -0.39 is 0 Å². The van der Waals surface area contributed by atoms with Crippen LogP contribution in [0.25, 0.3) is 12.2 Å². The van der Waals surface area contributed by atoms with Crippen molar-refractivity contribution in [3.05, 3.63) is 59.7 Å². The third-order valence-corrected chi connectivity index (χ3v) is 3.51. The van der Waals surface area contributed by atoms with Crippen LogP contribution in [0.5, 0.6) is 0 Å². The van der Waals surface area contributed by atoms with E-state index in [4.69, 9.17) is 0 Å². The lowest BCUT2D eigenvalue weighted by atomic mass is 10.1. The van der Waals surface area contributed by atoms with Crippen LogP contribution < -0.4 is 10.6 Å². The van der Waals surface area contributed by atoms with E-state index in [1.165, 1.54) is 0 Å². The number of nitrogens with one attached hydrogen (secondary N) is 2. The molecule has 3 rings (SSSR count). The third kappa shape index (κ3) is 3.14. The van der Waals surface area contributed by atoms with Crippen molar-refractivity contribution in [2.75, 3.05) is 10.6 Å². The van der Waals surface area contributed by atoms with E-state index in [0.717, 1.165) is 22.5 Å². The normalized spacial score (nSPS) is 17.8. The fourth-order valence-electron chi connectivity index (χ4n) is 2.50. The molecule has 1 amide bonds. The van der Waals surface area contributed by atoms with Gasteiger partial charge in [0.1, 0.15) is 0 Å². The molecule has 1 atom stereocenters. The minimum Gasteiger partial charge on any atom is -0.380 e. The first-order chi connectivity index (χ1) is 10.2. The average molecular weight is 278 g/mol. The number of hydrogen-bond acceptors (Lipinski definition) is 2. The highest BCUT2D eigenvalue weighted by Gasteiger charge is 2.18. The molecule has 2 aromatic carbocycles. The second-order valence-corrected chi connectivity index (χ2v) is 5.31. The van der Waals surface area contributed by atoms with Gasteiger partial charge in [-0.25, -0.2) is 0 Å². The molecule has 0 saturated carbocycles. The van der Waals surface area contributed by atoms with Gasteiger partial charge in [0, 0.05) is 12.5 Å². The Morgan fingerprint density at radius 2 is 1.86 bits per heavy atom. The summed E-state index contributed by atoms with van der Waals surface area (Å²) < 4.78 is 0. The third-order valence-electron chi connectivity index (χ3n) is 3.51. The van der Waals surface area contributed by atoms with E-state index in [2.05, 4.69) is 41.0 Å². The van der Waals surface area contributed by atoms with Gasteiger partial charge in [-0.3, -0.25) is 4.79 Å². The van der Waals surface area contributed by atoms with Crippen molar-refractivity contribution < 1.29 is 4.79 Å². The molecule has 1 aliphatic heterocycles. The highest BCUT2D eigenvalue weighted by atomic mass is 16.1. The lowest BCUT2D eigenvalue weighted by molar-refractivity contribution is -0.116. The summed E-state index contributed by atoms with van der Waals surface area (Å²) in [4.78, 5) is 11.8. The van der Waals surface area contributed by atoms with Gasteiger partial charge in [0.25, 0.3) is 0 Å². The average Bonchev–Trinajstić information content (AvgIpc) is 2.63. The van der Waals surface area contributed by atoms with Crippen molar-refractivity contribution in [2.24, 2.45) is 0 Å². The number of rotatable bonds is 2. The smallest absolute Gasteiger partial charge is 0.226 e. The minimum atomic E-state index is 0.0536. The summed E-state index contributed by atoms with van der Waals surface area (Å²) in [6, 6.07) is 16.2. The van der Waals surface area contributed by atoms with Gasteiger partial charge in [0.2, 0.25) is 5.91 Å². The first kappa shape index (κ1) is 13.4. The number of anilines is 2. The van der Waals surface area contributed by atoms with E-state index >= 15 is 0 Å². The lowest BCUT2D eigenvalue weighted by Gasteiger charge is -2.14. The molecule has 0 spiro atoms. The molecule has 3 nitrogen and oxygen atoms in total. The van der Waals surface area contributed by atoms with Crippen molar-refractivity contribution in [3.63, 3.8) is 0 Å². The van der Waals surface area contributed by atoms with Gasteiger partial charge in [0.05, 0.1) is 11.4 Å². The Labute approximate surface area is 124 Å². The first-order valence-corrected chi connectivity index (χ1v) is 7.15. The summed E-state index contributed by atoms with van der Waals surface area (Å²) in [5.41, 5.74) is 4.06. The SMILES string of the molecule is CC1CC(=O)Nc2cccc(C=Cc3ccccc3)c2N1. The van der Waals surface area contributed by atoms with Gasteiger partial charge in [-0.1, -0.05) is 54.6 Å². The van der Waals surface area contributed by atoms with Gasteiger partial charge >= 0.3 is 0 Å². The number of amides is 1. The molecule has 0 saturated heterocycles. The molecule has 3 heteroatoms. The number of para-hydroxylation sites is 1. The highest BCUT2D eigenvalue weighted by molar-refractivity contribution is 5.98.